The molecular formula is C23H25N3O2. The third-order valence-corrected chi connectivity index (χ3v) is 4.63. The van der Waals surface area contributed by atoms with Gasteiger partial charge in [0.15, 0.2) is 0 Å². The number of hydrogen-bond donors (Lipinski definition) is 2. The molecule has 0 saturated heterocycles. The van der Waals surface area contributed by atoms with Crippen LogP contribution in [0.1, 0.15) is 27.2 Å². The van der Waals surface area contributed by atoms with Crippen LogP contribution < -0.4 is 15.4 Å². The average Bonchev–Trinajstić information content (AvgIpc) is 2.71. The Hall–Kier alpha value is -3.34. The van der Waals surface area contributed by atoms with Crippen molar-refractivity contribution in [3.05, 3.63) is 83.2 Å². The highest BCUT2D eigenvalue weighted by Gasteiger charge is 2.07. The molecule has 5 nitrogen and oxygen atoms in total. The lowest BCUT2D eigenvalue weighted by Crippen LogP contribution is -2.26. The van der Waals surface area contributed by atoms with Gasteiger partial charge in [-0.25, -0.2) is 4.98 Å². The van der Waals surface area contributed by atoms with E-state index in [1.807, 2.05) is 36.4 Å². The van der Waals surface area contributed by atoms with Gasteiger partial charge in [0.05, 0.1) is 19.0 Å². The van der Waals surface area contributed by atoms with E-state index in [0.717, 1.165) is 29.1 Å². The first-order valence-corrected chi connectivity index (χ1v) is 9.26. The van der Waals surface area contributed by atoms with Crippen molar-refractivity contribution < 1.29 is 9.53 Å². The van der Waals surface area contributed by atoms with Crippen LogP contribution in [0.3, 0.4) is 0 Å². The topological polar surface area (TPSA) is 63.2 Å². The molecule has 0 unspecified atom stereocenters. The minimum atomic E-state index is -0.180. The number of methoxy groups -OCH3 is 1. The quantitative estimate of drug-likeness (QED) is 0.641. The number of rotatable bonds is 7. The Labute approximate surface area is 165 Å². The fourth-order valence-electron chi connectivity index (χ4n) is 2.83. The first-order valence-electron chi connectivity index (χ1n) is 9.26. The van der Waals surface area contributed by atoms with Crippen molar-refractivity contribution in [2.24, 2.45) is 0 Å². The van der Waals surface area contributed by atoms with E-state index in [2.05, 4.69) is 41.6 Å². The Kier molecular flexibility index (Phi) is 6.27. The summed E-state index contributed by atoms with van der Waals surface area (Å²) in [5.74, 6) is 0.637. The second-order valence-corrected chi connectivity index (χ2v) is 6.71. The first kappa shape index (κ1) is 19.4. The summed E-state index contributed by atoms with van der Waals surface area (Å²) in [4.78, 5) is 16.6. The molecule has 0 aliphatic carbocycles. The van der Waals surface area contributed by atoms with Crippen molar-refractivity contribution in [1.82, 2.24) is 10.3 Å². The number of amides is 1. The third kappa shape index (κ3) is 5.10. The van der Waals surface area contributed by atoms with Gasteiger partial charge in [-0.3, -0.25) is 4.79 Å². The van der Waals surface area contributed by atoms with Gasteiger partial charge in [0.2, 0.25) is 0 Å². The minimum Gasteiger partial charge on any atom is -0.497 e. The lowest BCUT2D eigenvalue weighted by molar-refractivity contribution is 0.0949. The van der Waals surface area contributed by atoms with Crippen LogP contribution in [0, 0.1) is 13.8 Å². The predicted octanol–water partition coefficient (Wildman–Crippen LogP) is 4.42. The minimum absolute atomic E-state index is 0.180. The molecule has 0 fully saturated rings. The number of benzene rings is 2. The van der Waals surface area contributed by atoms with Crippen LogP contribution in [-0.4, -0.2) is 24.5 Å². The summed E-state index contributed by atoms with van der Waals surface area (Å²) in [7, 11) is 1.64. The summed E-state index contributed by atoms with van der Waals surface area (Å²) in [5, 5.41) is 6.21. The molecule has 2 aromatic carbocycles. The number of nitrogens with zero attached hydrogens (tertiary/aromatic N) is 1. The number of carbonyl (C=O) groups is 1. The molecule has 0 aliphatic rings. The lowest BCUT2D eigenvalue weighted by atomic mass is 10.1. The molecule has 144 valence electrons. The van der Waals surface area contributed by atoms with Crippen molar-refractivity contribution >= 4 is 17.3 Å². The number of hydrogen-bond acceptors (Lipinski definition) is 4. The maximum absolute atomic E-state index is 12.3. The molecule has 0 aliphatic heterocycles. The number of nitrogens with one attached hydrogen (secondary N) is 2. The second-order valence-electron chi connectivity index (χ2n) is 6.71. The van der Waals surface area contributed by atoms with E-state index in [9.17, 15) is 4.79 Å². The van der Waals surface area contributed by atoms with Crippen molar-refractivity contribution in [2.45, 2.75) is 20.3 Å². The number of ether oxygens (including phenoxy) is 1. The summed E-state index contributed by atoms with van der Waals surface area (Å²) < 4.78 is 5.21. The zero-order valence-corrected chi connectivity index (χ0v) is 16.5. The van der Waals surface area contributed by atoms with Crippen LogP contribution in [0.2, 0.25) is 0 Å². The molecule has 3 rings (SSSR count). The van der Waals surface area contributed by atoms with Gasteiger partial charge < -0.3 is 15.4 Å². The first-order chi connectivity index (χ1) is 13.5. The van der Waals surface area contributed by atoms with Crippen LogP contribution >= 0.6 is 0 Å². The molecule has 0 bridgehead atoms. The normalized spacial score (nSPS) is 10.4. The Morgan fingerprint density at radius 3 is 2.54 bits per heavy atom. The summed E-state index contributed by atoms with van der Waals surface area (Å²) in [6, 6.07) is 17.6. The van der Waals surface area contributed by atoms with Crippen LogP contribution in [0.5, 0.6) is 5.75 Å². The van der Waals surface area contributed by atoms with Crippen LogP contribution in [-0.2, 0) is 6.42 Å². The molecule has 2 N–H and O–H groups in total. The zero-order chi connectivity index (χ0) is 19.9. The van der Waals surface area contributed by atoms with E-state index in [-0.39, 0.29) is 5.91 Å². The Morgan fingerprint density at radius 1 is 1.00 bits per heavy atom. The number of pyridine rings is 1. The standard InChI is InChI=1S/C23H25N3O2/c1-16-7-8-19(13-17(16)2)26-20-9-10-22(25-15-20)23(27)24-12-11-18-5-4-6-21(14-18)28-3/h4-10,13-15,26H,11-12H2,1-3H3,(H,24,27). The maximum atomic E-state index is 12.3. The van der Waals surface area contributed by atoms with Gasteiger partial charge in [-0.05, 0) is 73.4 Å². The highest BCUT2D eigenvalue weighted by atomic mass is 16.5. The van der Waals surface area contributed by atoms with Gasteiger partial charge in [-0.1, -0.05) is 18.2 Å². The van der Waals surface area contributed by atoms with Crippen molar-refractivity contribution in [2.75, 3.05) is 19.0 Å². The maximum Gasteiger partial charge on any atom is 0.269 e. The van der Waals surface area contributed by atoms with E-state index < -0.39 is 0 Å². The lowest BCUT2D eigenvalue weighted by Gasteiger charge is -2.09. The van der Waals surface area contributed by atoms with Crippen LogP contribution in [0.15, 0.2) is 60.8 Å². The van der Waals surface area contributed by atoms with Crippen LogP contribution in [0.25, 0.3) is 0 Å². The largest absolute Gasteiger partial charge is 0.497 e. The number of aromatic nitrogens is 1. The summed E-state index contributed by atoms with van der Waals surface area (Å²) >= 11 is 0. The molecule has 3 aromatic rings. The Morgan fingerprint density at radius 2 is 1.82 bits per heavy atom. The van der Waals surface area contributed by atoms with Crippen LogP contribution in [0.4, 0.5) is 11.4 Å². The van der Waals surface area contributed by atoms with E-state index in [1.165, 1.54) is 11.1 Å². The predicted molar refractivity (Wildman–Crippen MR) is 112 cm³/mol. The molecular weight excluding hydrogens is 350 g/mol. The third-order valence-electron chi connectivity index (χ3n) is 4.63. The number of carbonyl (C=O) groups excluding carboxylic acids is 1. The van der Waals surface area contributed by atoms with Gasteiger partial charge in [-0.2, -0.15) is 0 Å². The highest BCUT2D eigenvalue weighted by Crippen LogP contribution is 2.19. The molecule has 1 heterocycles. The summed E-state index contributed by atoms with van der Waals surface area (Å²) in [5.41, 5.74) is 5.84. The van der Waals surface area contributed by atoms with E-state index in [4.69, 9.17) is 4.74 Å². The zero-order valence-electron chi connectivity index (χ0n) is 16.5. The monoisotopic (exact) mass is 375 g/mol. The average molecular weight is 375 g/mol. The molecule has 28 heavy (non-hydrogen) atoms. The summed E-state index contributed by atoms with van der Waals surface area (Å²) in [6.45, 7) is 4.70. The number of aryl methyl sites for hydroxylation is 2. The van der Waals surface area contributed by atoms with Gasteiger partial charge >= 0.3 is 0 Å². The number of anilines is 2. The fourth-order valence-corrected chi connectivity index (χ4v) is 2.83. The molecule has 1 aromatic heterocycles. The van der Waals surface area contributed by atoms with Gasteiger partial charge in [0.25, 0.3) is 5.91 Å². The molecule has 1 amide bonds. The van der Waals surface area contributed by atoms with Gasteiger partial charge in [0, 0.05) is 12.2 Å². The fraction of sp³-hybridized carbons (Fsp3) is 0.217. The SMILES string of the molecule is COc1cccc(CCNC(=O)c2ccc(Nc3ccc(C)c(C)c3)cn2)c1. The molecule has 5 heteroatoms. The van der Waals surface area contributed by atoms with E-state index >= 15 is 0 Å². The molecule has 0 saturated carbocycles. The smallest absolute Gasteiger partial charge is 0.269 e. The Bertz CT molecular complexity index is 952. The van der Waals surface area contributed by atoms with Crippen molar-refractivity contribution in [1.29, 1.82) is 0 Å². The van der Waals surface area contributed by atoms with Crippen molar-refractivity contribution in [3.63, 3.8) is 0 Å². The molecule has 0 atom stereocenters. The van der Waals surface area contributed by atoms with E-state index in [0.29, 0.717) is 12.2 Å². The van der Waals surface area contributed by atoms with Crippen molar-refractivity contribution in [3.8, 4) is 5.75 Å². The second kappa shape index (κ2) is 9.04. The Balaban J connectivity index is 1.53. The van der Waals surface area contributed by atoms with Gasteiger partial charge in [-0.15, -0.1) is 0 Å². The molecule has 0 radical (unpaired) electrons. The highest BCUT2D eigenvalue weighted by molar-refractivity contribution is 5.92. The summed E-state index contributed by atoms with van der Waals surface area (Å²) in [6.07, 6.45) is 2.40. The van der Waals surface area contributed by atoms with Gasteiger partial charge in [0.1, 0.15) is 11.4 Å². The van der Waals surface area contributed by atoms with E-state index in [1.54, 1.807) is 19.4 Å². The molecule has 0 spiro atoms.